The van der Waals surface area contributed by atoms with Crippen LogP contribution in [0.3, 0.4) is 0 Å². The predicted molar refractivity (Wildman–Crippen MR) is 165 cm³/mol. The van der Waals surface area contributed by atoms with E-state index >= 15 is 0 Å². The van der Waals surface area contributed by atoms with Gasteiger partial charge in [0.15, 0.2) is 0 Å². The van der Waals surface area contributed by atoms with Crippen molar-refractivity contribution < 1.29 is 24.0 Å². The second-order valence-electron chi connectivity index (χ2n) is 12.1. The fraction of sp³-hybridized carbons (Fsp3) is 0.606. The van der Waals surface area contributed by atoms with Gasteiger partial charge in [0, 0.05) is 42.9 Å². The first-order chi connectivity index (χ1) is 20.7. The number of carbonyl (C=O) groups excluding carboxylic acids is 5. The molecule has 1 aromatic heterocycles. The van der Waals surface area contributed by atoms with Crippen LogP contribution < -0.4 is 16.0 Å². The smallest absolute Gasteiger partial charge is 0.246 e. The van der Waals surface area contributed by atoms with Crippen molar-refractivity contribution in [1.29, 1.82) is 0 Å². The number of nitrogens with one attached hydrogen (secondary N) is 4. The number of hydrogen-bond donors (Lipinski definition) is 4. The molecule has 43 heavy (non-hydrogen) atoms. The highest BCUT2D eigenvalue weighted by atomic mass is 16.2. The van der Waals surface area contributed by atoms with E-state index in [1.807, 2.05) is 51.2 Å². The van der Waals surface area contributed by atoms with Crippen LogP contribution in [0.2, 0.25) is 0 Å². The molecule has 234 valence electrons. The van der Waals surface area contributed by atoms with Gasteiger partial charge in [0.25, 0.3) is 0 Å². The Morgan fingerprint density at radius 1 is 0.930 bits per heavy atom. The molecule has 2 fully saturated rings. The van der Waals surface area contributed by atoms with E-state index in [4.69, 9.17) is 0 Å². The number of H-pyrrole nitrogens is 1. The van der Waals surface area contributed by atoms with Crippen molar-refractivity contribution >= 4 is 40.3 Å². The molecule has 0 spiro atoms. The van der Waals surface area contributed by atoms with Gasteiger partial charge in [0.05, 0.1) is 0 Å². The third-order valence-electron chi connectivity index (χ3n) is 9.07. The van der Waals surface area contributed by atoms with Crippen LogP contribution in [0.4, 0.5) is 0 Å². The van der Waals surface area contributed by atoms with E-state index in [1.165, 1.54) is 0 Å². The molecule has 10 heteroatoms. The van der Waals surface area contributed by atoms with Crippen molar-refractivity contribution in [2.24, 2.45) is 5.92 Å². The maximum atomic E-state index is 14.0. The molecule has 0 bridgehead atoms. The van der Waals surface area contributed by atoms with E-state index in [2.05, 4.69) is 20.9 Å². The van der Waals surface area contributed by atoms with Gasteiger partial charge in [-0.25, -0.2) is 0 Å². The number of benzene rings is 1. The Morgan fingerprint density at radius 3 is 2.44 bits per heavy atom. The lowest BCUT2D eigenvalue weighted by atomic mass is 9.93. The van der Waals surface area contributed by atoms with E-state index < -0.39 is 36.0 Å². The first-order valence-corrected chi connectivity index (χ1v) is 16.0. The summed E-state index contributed by atoms with van der Waals surface area (Å²) in [6.07, 6.45) is 8.30. The Kier molecular flexibility index (Phi) is 11.4. The van der Waals surface area contributed by atoms with Gasteiger partial charge in [0.1, 0.15) is 30.0 Å². The Balaban J connectivity index is 1.63. The van der Waals surface area contributed by atoms with Gasteiger partial charge in [0.2, 0.25) is 23.6 Å². The van der Waals surface area contributed by atoms with Gasteiger partial charge in [-0.05, 0) is 49.7 Å². The van der Waals surface area contributed by atoms with Crippen LogP contribution in [0.5, 0.6) is 0 Å². The van der Waals surface area contributed by atoms with Crippen LogP contribution in [-0.2, 0) is 30.4 Å². The summed E-state index contributed by atoms with van der Waals surface area (Å²) in [5, 5.41) is 9.82. The number of aromatic amines is 1. The van der Waals surface area contributed by atoms with Crippen LogP contribution in [0, 0.1) is 5.92 Å². The normalized spacial score (nSPS) is 24.3. The van der Waals surface area contributed by atoms with Crippen molar-refractivity contribution in [2.75, 3.05) is 6.54 Å². The monoisotopic (exact) mass is 593 g/mol. The fourth-order valence-electron chi connectivity index (χ4n) is 6.15. The van der Waals surface area contributed by atoms with Crippen molar-refractivity contribution in [3.8, 4) is 0 Å². The maximum absolute atomic E-state index is 14.0. The number of carbonyl (C=O) groups is 5. The van der Waals surface area contributed by atoms with Crippen molar-refractivity contribution in [3.05, 3.63) is 36.0 Å². The average molecular weight is 594 g/mol. The highest BCUT2D eigenvalue weighted by Crippen LogP contribution is 2.23. The number of fused-ring (bicyclic) bond motifs is 2. The summed E-state index contributed by atoms with van der Waals surface area (Å²) in [5.74, 6) is -1.39. The van der Waals surface area contributed by atoms with Gasteiger partial charge < -0.3 is 25.8 Å². The standard InChI is InChI=1S/C33H47N5O5/c1-4-21(3)29-33(43)38-18-12-11-17-28(38)32(42)35-26(16-8-6-7-13-23(39)5-2)30(40)36-27(31(41)37-29)19-22-20-34-25-15-10-9-14-24(22)25/h9-10,14-15,20-21,26-29,34H,4-8,11-13,16-19H2,1-3H3,(H,35,42)(H,36,40)(H,37,41)/t21-,26-,27-,28+,29-/m0/s1. The van der Waals surface area contributed by atoms with Crippen LogP contribution in [-0.4, -0.2) is 70.0 Å². The third kappa shape index (κ3) is 8.03. The summed E-state index contributed by atoms with van der Waals surface area (Å²) >= 11 is 0. The number of Topliss-reactive ketones (excluding diaryl/α,β-unsaturated/α-hetero) is 1. The second kappa shape index (κ2) is 15.2. The molecule has 2 aliphatic heterocycles. The Bertz CT molecular complexity index is 1310. The summed E-state index contributed by atoms with van der Waals surface area (Å²) in [5.41, 5.74) is 1.79. The minimum Gasteiger partial charge on any atom is -0.361 e. The lowest BCUT2D eigenvalue weighted by Gasteiger charge is -2.39. The largest absolute Gasteiger partial charge is 0.361 e. The van der Waals surface area contributed by atoms with Crippen molar-refractivity contribution in [2.45, 2.75) is 116 Å². The number of piperidine rings is 1. The van der Waals surface area contributed by atoms with Crippen molar-refractivity contribution in [1.82, 2.24) is 25.8 Å². The van der Waals surface area contributed by atoms with Gasteiger partial charge in [-0.15, -0.1) is 0 Å². The molecule has 0 saturated carbocycles. The summed E-state index contributed by atoms with van der Waals surface area (Å²) in [6, 6.07) is 4.44. The highest BCUT2D eigenvalue weighted by molar-refractivity contribution is 5.98. The lowest BCUT2D eigenvalue weighted by molar-refractivity contribution is -0.147. The van der Waals surface area contributed by atoms with Gasteiger partial charge in [-0.1, -0.05) is 58.2 Å². The molecule has 4 rings (SSSR count). The number of ketones is 1. The molecule has 4 amide bonds. The van der Waals surface area contributed by atoms with Crippen LogP contribution >= 0.6 is 0 Å². The highest BCUT2D eigenvalue weighted by Gasteiger charge is 2.40. The number of hydrogen-bond acceptors (Lipinski definition) is 5. The van der Waals surface area contributed by atoms with Crippen LogP contribution in [0.15, 0.2) is 30.5 Å². The topological polar surface area (TPSA) is 140 Å². The molecule has 2 aromatic rings. The van der Waals surface area contributed by atoms with E-state index in [0.717, 1.165) is 42.1 Å². The molecule has 0 aliphatic carbocycles. The first kappa shape index (κ1) is 32.2. The Hall–Kier alpha value is -3.69. The fourth-order valence-corrected chi connectivity index (χ4v) is 6.15. The zero-order chi connectivity index (χ0) is 30.9. The molecule has 0 radical (unpaired) electrons. The minimum atomic E-state index is -0.954. The van der Waals surface area contributed by atoms with E-state index in [9.17, 15) is 24.0 Å². The first-order valence-electron chi connectivity index (χ1n) is 16.0. The molecular formula is C33H47N5O5. The molecule has 2 aliphatic rings. The summed E-state index contributed by atoms with van der Waals surface area (Å²) in [4.78, 5) is 71.9. The van der Waals surface area contributed by atoms with Crippen LogP contribution in [0.1, 0.15) is 90.5 Å². The minimum absolute atomic E-state index is 0.165. The number of amides is 4. The Morgan fingerprint density at radius 2 is 1.67 bits per heavy atom. The van der Waals surface area contributed by atoms with Crippen molar-refractivity contribution in [3.63, 3.8) is 0 Å². The lowest BCUT2D eigenvalue weighted by Crippen LogP contribution is -2.64. The molecule has 3 heterocycles. The zero-order valence-corrected chi connectivity index (χ0v) is 25.7. The Labute approximate surface area is 254 Å². The molecule has 4 N–H and O–H groups in total. The van der Waals surface area contributed by atoms with Crippen LogP contribution in [0.25, 0.3) is 10.9 Å². The number of aromatic nitrogens is 1. The molecule has 2 saturated heterocycles. The van der Waals surface area contributed by atoms with Gasteiger partial charge in [-0.3, -0.25) is 24.0 Å². The molecule has 5 atom stereocenters. The van der Waals surface area contributed by atoms with E-state index in [1.54, 1.807) is 4.90 Å². The maximum Gasteiger partial charge on any atom is 0.246 e. The molecule has 10 nitrogen and oxygen atoms in total. The predicted octanol–water partition coefficient (Wildman–Crippen LogP) is 3.54. The quantitative estimate of drug-likeness (QED) is 0.295. The number of nitrogens with zero attached hydrogens (tertiary/aromatic N) is 1. The summed E-state index contributed by atoms with van der Waals surface area (Å²) in [6.45, 7) is 6.17. The average Bonchev–Trinajstić information content (AvgIpc) is 3.43. The number of unbranched alkanes of at least 4 members (excludes halogenated alkanes) is 2. The van der Waals surface area contributed by atoms with Gasteiger partial charge in [-0.2, -0.15) is 0 Å². The van der Waals surface area contributed by atoms with E-state index in [0.29, 0.717) is 45.1 Å². The number of para-hydroxylation sites is 1. The zero-order valence-electron chi connectivity index (χ0n) is 25.7. The third-order valence-corrected chi connectivity index (χ3v) is 9.07. The van der Waals surface area contributed by atoms with E-state index in [-0.39, 0.29) is 29.9 Å². The second-order valence-corrected chi connectivity index (χ2v) is 12.1. The summed E-state index contributed by atoms with van der Waals surface area (Å²) < 4.78 is 0. The summed E-state index contributed by atoms with van der Waals surface area (Å²) in [7, 11) is 0. The molecular weight excluding hydrogens is 546 g/mol. The number of rotatable bonds is 11. The molecule has 1 aromatic carbocycles. The molecule has 0 unspecified atom stereocenters. The SMILES string of the molecule is CCC(=O)CCCCC[C@@H]1NC(=O)[C@H]2CCCCN2C(=O)[C@H]([C@@H](C)CC)NC(=O)[C@H](Cc2c[nH]c3ccccc23)NC1=O. The van der Waals surface area contributed by atoms with Gasteiger partial charge >= 0.3 is 0 Å².